The molecule has 1 unspecified atom stereocenters. The molecule has 0 aliphatic heterocycles. The van der Waals surface area contributed by atoms with Crippen LogP contribution in [0.15, 0.2) is 24.3 Å². The second-order valence-electron chi connectivity index (χ2n) is 3.72. The van der Waals surface area contributed by atoms with Crippen molar-refractivity contribution in [1.82, 2.24) is 4.90 Å². The fourth-order valence-electron chi connectivity index (χ4n) is 1.07. The van der Waals surface area contributed by atoms with Gasteiger partial charge in [0.25, 0.3) is 5.91 Å². The van der Waals surface area contributed by atoms with Crippen LogP contribution in [0, 0.1) is 0 Å². The minimum Gasteiger partial charge on any atom is -0.470 e. The fraction of sp³-hybridized carbons (Fsp3) is 0.273. The van der Waals surface area contributed by atoms with E-state index >= 15 is 0 Å². The Morgan fingerprint density at radius 1 is 1.44 bits per heavy atom. The molecule has 7 heteroatoms. The third-order valence-corrected chi connectivity index (χ3v) is 2.34. The summed E-state index contributed by atoms with van der Waals surface area (Å²) in [6.45, 7) is 0. The van der Waals surface area contributed by atoms with Crippen LogP contribution in [0.3, 0.4) is 0 Å². The number of amides is 3. The lowest BCUT2D eigenvalue weighted by Crippen LogP contribution is -2.29. The summed E-state index contributed by atoms with van der Waals surface area (Å²) in [5.41, 5.74) is 4.55. The number of benzene rings is 1. The largest absolute Gasteiger partial charge is 0.470 e. The summed E-state index contributed by atoms with van der Waals surface area (Å²) in [5.74, 6) is -0.286. The molecule has 98 valence electrons. The summed E-state index contributed by atoms with van der Waals surface area (Å²) < 4.78 is 5.18. The first kappa shape index (κ1) is 14.2. The van der Waals surface area contributed by atoms with Gasteiger partial charge in [0.05, 0.1) is 0 Å². The Bertz CT molecular complexity index is 451. The smallest absolute Gasteiger partial charge is 0.321 e. The lowest BCUT2D eigenvalue weighted by molar-refractivity contribution is -0.121. The molecule has 0 aliphatic carbocycles. The van der Waals surface area contributed by atoms with Gasteiger partial charge < -0.3 is 20.7 Å². The van der Waals surface area contributed by atoms with Gasteiger partial charge in [-0.3, -0.25) is 4.79 Å². The lowest BCUT2D eigenvalue weighted by Gasteiger charge is -2.14. The molecule has 0 spiro atoms. The average Bonchev–Trinajstić information content (AvgIpc) is 2.29. The highest BCUT2D eigenvalue weighted by Gasteiger charge is 2.11. The Labute approximate surface area is 110 Å². The van der Waals surface area contributed by atoms with Gasteiger partial charge in [-0.15, -0.1) is 12.6 Å². The molecular weight excluding hydrogens is 254 g/mol. The van der Waals surface area contributed by atoms with Crippen LogP contribution in [0.4, 0.5) is 10.5 Å². The highest BCUT2D eigenvalue weighted by molar-refractivity contribution is 7.81. The molecule has 1 aromatic rings. The van der Waals surface area contributed by atoms with Gasteiger partial charge in [-0.25, -0.2) is 4.79 Å². The molecule has 1 aromatic carbocycles. The van der Waals surface area contributed by atoms with Crippen molar-refractivity contribution in [3.05, 3.63) is 24.3 Å². The number of rotatable bonds is 4. The zero-order valence-electron chi connectivity index (χ0n) is 10.1. The number of hydrogen-bond donors (Lipinski definition) is 3. The quantitative estimate of drug-likeness (QED) is 0.561. The Morgan fingerprint density at radius 3 is 2.67 bits per heavy atom. The number of carbonyl (C=O) groups is 2. The molecule has 0 saturated heterocycles. The van der Waals surface area contributed by atoms with Gasteiger partial charge in [-0.1, -0.05) is 6.07 Å². The van der Waals surface area contributed by atoms with Crippen molar-refractivity contribution in [2.75, 3.05) is 19.4 Å². The monoisotopic (exact) mass is 269 g/mol. The molecule has 6 nitrogen and oxygen atoms in total. The van der Waals surface area contributed by atoms with Gasteiger partial charge in [-0.2, -0.15) is 0 Å². The predicted octanol–water partition coefficient (Wildman–Crippen LogP) is 0.900. The SMILES string of the molecule is CN(C)C(=O)Nc1cccc(OC(S)C(N)=O)c1. The molecule has 3 N–H and O–H groups in total. The standard InChI is InChI=1S/C11H15N3O3S/c1-14(2)11(16)13-7-4-3-5-8(6-7)17-10(18)9(12)15/h3-6,10,18H,1-2H3,(H2,12,15)(H,13,16). The van der Waals surface area contributed by atoms with Gasteiger partial charge in [0.1, 0.15) is 5.75 Å². The maximum Gasteiger partial charge on any atom is 0.321 e. The van der Waals surface area contributed by atoms with Crippen molar-refractivity contribution < 1.29 is 14.3 Å². The van der Waals surface area contributed by atoms with E-state index in [0.717, 1.165) is 0 Å². The van der Waals surface area contributed by atoms with Crippen LogP contribution in [-0.4, -0.2) is 36.4 Å². The molecule has 0 aromatic heterocycles. The number of urea groups is 1. The molecule has 0 radical (unpaired) electrons. The summed E-state index contributed by atoms with van der Waals surface area (Å²) in [7, 11) is 3.26. The zero-order chi connectivity index (χ0) is 13.7. The van der Waals surface area contributed by atoms with E-state index in [4.69, 9.17) is 10.5 Å². The Hall–Kier alpha value is -1.89. The van der Waals surface area contributed by atoms with E-state index in [0.29, 0.717) is 11.4 Å². The topological polar surface area (TPSA) is 84.7 Å². The lowest BCUT2D eigenvalue weighted by atomic mass is 10.3. The van der Waals surface area contributed by atoms with E-state index in [1.165, 1.54) is 4.90 Å². The normalized spacial score (nSPS) is 11.5. The van der Waals surface area contributed by atoms with Crippen LogP contribution in [0.25, 0.3) is 0 Å². The summed E-state index contributed by atoms with van der Waals surface area (Å²) in [4.78, 5) is 23.6. The molecule has 1 atom stereocenters. The first-order valence-corrected chi connectivity index (χ1v) is 5.64. The van der Waals surface area contributed by atoms with Crippen molar-refractivity contribution in [2.45, 2.75) is 5.44 Å². The van der Waals surface area contributed by atoms with E-state index in [9.17, 15) is 9.59 Å². The molecule has 0 bridgehead atoms. The Kier molecular flexibility index (Phi) is 4.85. The number of ether oxygens (including phenoxy) is 1. The summed E-state index contributed by atoms with van der Waals surface area (Å²) in [6.07, 6.45) is 0. The van der Waals surface area contributed by atoms with Gasteiger partial charge in [-0.05, 0) is 12.1 Å². The first-order valence-electron chi connectivity index (χ1n) is 5.12. The number of primary amides is 1. The second-order valence-corrected chi connectivity index (χ2v) is 4.19. The van der Waals surface area contributed by atoms with Crippen LogP contribution in [0.1, 0.15) is 0 Å². The Balaban J connectivity index is 2.73. The van der Waals surface area contributed by atoms with Crippen LogP contribution in [0.2, 0.25) is 0 Å². The van der Waals surface area contributed by atoms with Gasteiger partial charge in [0.2, 0.25) is 5.44 Å². The van der Waals surface area contributed by atoms with Crippen LogP contribution < -0.4 is 15.8 Å². The molecule has 0 fully saturated rings. The van der Waals surface area contributed by atoms with E-state index in [1.54, 1.807) is 38.4 Å². The number of anilines is 1. The fourth-order valence-corrected chi connectivity index (χ4v) is 1.19. The number of nitrogens with zero attached hydrogens (tertiary/aromatic N) is 1. The first-order chi connectivity index (χ1) is 8.40. The van der Waals surface area contributed by atoms with Crippen LogP contribution >= 0.6 is 12.6 Å². The highest BCUT2D eigenvalue weighted by atomic mass is 32.1. The molecule has 18 heavy (non-hydrogen) atoms. The number of hydrogen-bond acceptors (Lipinski definition) is 4. The number of carbonyl (C=O) groups excluding carboxylic acids is 2. The van der Waals surface area contributed by atoms with Crippen molar-refractivity contribution in [1.29, 1.82) is 0 Å². The molecule has 0 heterocycles. The summed E-state index contributed by atoms with van der Waals surface area (Å²) >= 11 is 3.88. The summed E-state index contributed by atoms with van der Waals surface area (Å²) in [5, 5.41) is 2.65. The maximum absolute atomic E-state index is 11.4. The van der Waals surface area contributed by atoms with E-state index in [1.807, 2.05) is 0 Å². The van der Waals surface area contributed by atoms with Crippen LogP contribution in [0.5, 0.6) is 5.75 Å². The van der Waals surface area contributed by atoms with Crippen molar-refractivity contribution in [2.24, 2.45) is 5.73 Å². The van der Waals surface area contributed by atoms with Crippen molar-refractivity contribution in [3.63, 3.8) is 0 Å². The maximum atomic E-state index is 11.4. The zero-order valence-corrected chi connectivity index (χ0v) is 11.0. The van der Waals surface area contributed by atoms with Crippen LogP contribution in [-0.2, 0) is 4.79 Å². The predicted molar refractivity (Wildman–Crippen MR) is 71.7 cm³/mol. The number of nitrogens with one attached hydrogen (secondary N) is 1. The molecule has 1 rings (SSSR count). The second kappa shape index (κ2) is 6.15. The molecule has 0 saturated carbocycles. The minimum atomic E-state index is -1.02. The van der Waals surface area contributed by atoms with E-state index in [2.05, 4.69) is 17.9 Å². The number of nitrogens with two attached hydrogens (primary N) is 1. The Morgan fingerprint density at radius 2 is 2.11 bits per heavy atom. The number of thiol groups is 1. The highest BCUT2D eigenvalue weighted by Crippen LogP contribution is 2.19. The van der Waals surface area contributed by atoms with E-state index in [-0.39, 0.29) is 6.03 Å². The molecular formula is C11H15N3O3S. The van der Waals surface area contributed by atoms with Gasteiger partial charge >= 0.3 is 6.03 Å². The van der Waals surface area contributed by atoms with Crippen molar-refractivity contribution >= 4 is 30.3 Å². The van der Waals surface area contributed by atoms with Gasteiger partial charge in [0.15, 0.2) is 0 Å². The van der Waals surface area contributed by atoms with Crippen molar-refractivity contribution in [3.8, 4) is 5.75 Å². The minimum absolute atomic E-state index is 0.260. The van der Waals surface area contributed by atoms with E-state index < -0.39 is 11.3 Å². The third-order valence-electron chi connectivity index (χ3n) is 1.98. The molecule has 0 aliphatic rings. The molecule has 3 amide bonds. The summed E-state index contributed by atoms with van der Waals surface area (Å²) in [6, 6.07) is 6.34. The average molecular weight is 269 g/mol. The van der Waals surface area contributed by atoms with Gasteiger partial charge in [0, 0.05) is 25.8 Å². The third kappa shape index (κ3) is 4.17.